The van der Waals surface area contributed by atoms with Gasteiger partial charge in [0.15, 0.2) is 0 Å². The SMILES string of the molecule is CC(C)C1CCC(C(=O)N[C@H](Cc2ccccc2)C(=O)O)CC1.[H-].[Na+]. The molecule has 0 aliphatic heterocycles. The fraction of sp³-hybridized carbons (Fsp3) is 0.579. The number of rotatable bonds is 6. The number of carboxylic acid groups (broad SMARTS) is 1. The summed E-state index contributed by atoms with van der Waals surface area (Å²) in [5.41, 5.74) is 0.920. The van der Waals surface area contributed by atoms with E-state index in [2.05, 4.69) is 19.2 Å². The summed E-state index contributed by atoms with van der Waals surface area (Å²) in [5.74, 6) is 0.235. The van der Waals surface area contributed by atoms with E-state index in [4.69, 9.17) is 0 Å². The van der Waals surface area contributed by atoms with Crippen LogP contribution in [0.4, 0.5) is 0 Å². The Kier molecular flexibility index (Phi) is 9.03. The molecule has 5 heteroatoms. The van der Waals surface area contributed by atoms with Crippen LogP contribution in [-0.2, 0) is 16.0 Å². The van der Waals surface area contributed by atoms with Gasteiger partial charge in [-0.3, -0.25) is 4.79 Å². The van der Waals surface area contributed by atoms with Crippen molar-refractivity contribution in [3.63, 3.8) is 0 Å². The van der Waals surface area contributed by atoms with Gasteiger partial charge in [-0.15, -0.1) is 0 Å². The van der Waals surface area contributed by atoms with Crippen LogP contribution >= 0.6 is 0 Å². The zero-order valence-corrected chi connectivity index (χ0v) is 17.0. The second kappa shape index (κ2) is 10.2. The topological polar surface area (TPSA) is 66.4 Å². The summed E-state index contributed by atoms with van der Waals surface area (Å²) in [5, 5.41) is 12.1. The quantitative estimate of drug-likeness (QED) is 0.735. The van der Waals surface area contributed by atoms with Crippen LogP contribution in [-0.4, -0.2) is 23.0 Å². The molecule has 0 heterocycles. The van der Waals surface area contributed by atoms with E-state index >= 15 is 0 Å². The van der Waals surface area contributed by atoms with Crippen LogP contribution in [0.25, 0.3) is 0 Å². The van der Waals surface area contributed by atoms with Crippen LogP contribution in [0.1, 0.15) is 46.5 Å². The largest absolute Gasteiger partial charge is 1.00 e. The molecule has 1 aliphatic carbocycles. The van der Waals surface area contributed by atoms with Crippen molar-refractivity contribution in [3.8, 4) is 0 Å². The van der Waals surface area contributed by atoms with Crippen LogP contribution in [0.3, 0.4) is 0 Å². The standard InChI is InChI=1S/C19H27NO3.Na.H/c1-13(2)15-8-10-16(11-9-15)18(21)20-17(19(22)23)12-14-6-4-3-5-7-14;;/h3-7,13,15-17H,8-12H2,1-2H3,(H,20,21)(H,22,23);;/q;+1;-1/t15?,16?,17-;;/m1../s1. The number of hydrogen-bond donors (Lipinski definition) is 2. The summed E-state index contributed by atoms with van der Waals surface area (Å²) in [6, 6.07) is 8.57. The number of aliphatic carboxylic acids is 1. The summed E-state index contributed by atoms with van der Waals surface area (Å²) in [6.07, 6.45) is 4.18. The van der Waals surface area contributed by atoms with E-state index in [1.807, 2.05) is 30.3 Å². The van der Waals surface area contributed by atoms with Gasteiger partial charge in [-0.2, -0.15) is 0 Å². The number of carbonyl (C=O) groups excluding carboxylic acids is 1. The van der Waals surface area contributed by atoms with E-state index < -0.39 is 12.0 Å². The zero-order valence-electron chi connectivity index (χ0n) is 16.0. The average Bonchev–Trinajstić information content (AvgIpc) is 2.55. The van der Waals surface area contributed by atoms with Crippen molar-refractivity contribution >= 4 is 11.9 Å². The molecule has 0 unspecified atom stereocenters. The van der Waals surface area contributed by atoms with E-state index in [0.717, 1.165) is 31.2 Å². The molecule has 0 bridgehead atoms. The Morgan fingerprint density at radius 1 is 1.17 bits per heavy atom. The molecular formula is C19H28NNaO3. The fourth-order valence-corrected chi connectivity index (χ4v) is 3.39. The summed E-state index contributed by atoms with van der Waals surface area (Å²) >= 11 is 0. The van der Waals surface area contributed by atoms with E-state index in [0.29, 0.717) is 18.3 Å². The summed E-state index contributed by atoms with van der Waals surface area (Å²) in [6.45, 7) is 4.46. The number of nitrogens with one attached hydrogen (secondary N) is 1. The molecule has 1 amide bonds. The number of benzene rings is 1. The first-order chi connectivity index (χ1) is 11.0. The second-order valence-electron chi connectivity index (χ2n) is 6.94. The van der Waals surface area contributed by atoms with Crippen LogP contribution < -0.4 is 34.9 Å². The molecule has 1 atom stereocenters. The fourth-order valence-electron chi connectivity index (χ4n) is 3.39. The van der Waals surface area contributed by atoms with Crippen molar-refractivity contribution in [2.24, 2.45) is 17.8 Å². The molecule has 1 saturated carbocycles. The Morgan fingerprint density at radius 3 is 2.25 bits per heavy atom. The van der Waals surface area contributed by atoms with Gasteiger partial charge in [0.25, 0.3) is 0 Å². The third-order valence-electron chi connectivity index (χ3n) is 4.98. The first kappa shape index (κ1) is 21.2. The Bertz CT molecular complexity index is 531. The maximum absolute atomic E-state index is 12.4. The molecule has 4 nitrogen and oxygen atoms in total. The number of amides is 1. The average molecular weight is 341 g/mol. The number of hydrogen-bond acceptors (Lipinski definition) is 2. The van der Waals surface area contributed by atoms with Gasteiger partial charge in [0.1, 0.15) is 6.04 Å². The van der Waals surface area contributed by atoms with Crippen molar-refractivity contribution in [1.82, 2.24) is 5.32 Å². The van der Waals surface area contributed by atoms with E-state index in [1.165, 1.54) is 0 Å². The molecule has 2 N–H and O–H groups in total. The molecule has 0 aromatic heterocycles. The van der Waals surface area contributed by atoms with Gasteiger partial charge >= 0.3 is 35.5 Å². The van der Waals surface area contributed by atoms with Crippen LogP contribution in [0, 0.1) is 17.8 Å². The van der Waals surface area contributed by atoms with Gasteiger partial charge in [-0.25, -0.2) is 4.79 Å². The molecule has 128 valence electrons. The minimum Gasteiger partial charge on any atom is -1.00 e. The van der Waals surface area contributed by atoms with Gasteiger partial charge in [0, 0.05) is 12.3 Å². The minimum atomic E-state index is -0.974. The molecule has 2 rings (SSSR count). The van der Waals surface area contributed by atoms with Gasteiger partial charge in [0.05, 0.1) is 0 Å². The normalized spacial score (nSPS) is 21.6. The molecule has 1 aromatic carbocycles. The third kappa shape index (κ3) is 6.23. The molecule has 1 aromatic rings. The van der Waals surface area contributed by atoms with Crippen molar-refractivity contribution < 1.29 is 45.7 Å². The molecule has 0 spiro atoms. The Balaban J connectivity index is 0.00000288. The van der Waals surface area contributed by atoms with Gasteiger partial charge in [-0.05, 0) is 43.1 Å². The number of carboxylic acids is 1. The predicted octanol–water partition coefficient (Wildman–Crippen LogP) is 0.377. The maximum atomic E-state index is 12.4. The zero-order chi connectivity index (χ0) is 16.8. The second-order valence-corrected chi connectivity index (χ2v) is 6.94. The van der Waals surface area contributed by atoms with Crippen molar-refractivity contribution in [2.45, 2.75) is 52.0 Å². The molecule has 1 fully saturated rings. The van der Waals surface area contributed by atoms with Crippen molar-refractivity contribution in [1.29, 1.82) is 0 Å². The Hall–Kier alpha value is -0.840. The van der Waals surface area contributed by atoms with Gasteiger partial charge in [-0.1, -0.05) is 44.2 Å². The van der Waals surface area contributed by atoms with E-state index in [-0.39, 0.29) is 42.8 Å². The molecular weight excluding hydrogens is 313 g/mol. The first-order valence-corrected chi connectivity index (χ1v) is 8.54. The molecule has 0 radical (unpaired) electrons. The van der Waals surface area contributed by atoms with E-state index in [1.54, 1.807) is 0 Å². The Morgan fingerprint density at radius 2 is 1.75 bits per heavy atom. The third-order valence-corrected chi connectivity index (χ3v) is 4.98. The smallest absolute Gasteiger partial charge is 1.00 e. The number of carbonyl (C=O) groups is 2. The van der Waals surface area contributed by atoms with Crippen LogP contribution in [0.2, 0.25) is 0 Å². The maximum Gasteiger partial charge on any atom is 1.00 e. The summed E-state index contributed by atoms with van der Waals surface area (Å²) < 4.78 is 0. The monoisotopic (exact) mass is 341 g/mol. The molecule has 1 aliphatic rings. The Labute approximate surface area is 168 Å². The van der Waals surface area contributed by atoms with Gasteiger partial charge < -0.3 is 11.8 Å². The van der Waals surface area contributed by atoms with Crippen molar-refractivity contribution in [2.75, 3.05) is 0 Å². The summed E-state index contributed by atoms with van der Waals surface area (Å²) in [4.78, 5) is 23.9. The molecule has 0 saturated heterocycles. The van der Waals surface area contributed by atoms with E-state index in [9.17, 15) is 14.7 Å². The minimum absolute atomic E-state index is 0. The van der Waals surface area contributed by atoms with Crippen LogP contribution in [0.5, 0.6) is 0 Å². The predicted molar refractivity (Wildman–Crippen MR) is 91.1 cm³/mol. The van der Waals surface area contributed by atoms with Crippen LogP contribution in [0.15, 0.2) is 30.3 Å². The molecule has 24 heavy (non-hydrogen) atoms. The van der Waals surface area contributed by atoms with Gasteiger partial charge in [0.2, 0.25) is 5.91 Å². The van der Waals surface area contributed by atoms with Crippen molar-refractivity contribution in [3.05, 3.63) is 35.9 Å². The first-order valence-electron chi connectivity index (χ1n) is 8.54. The summed E-state index contributed by atoms with van der Waals surface area (Å²) in [7, 11) is 0.